The van der Waals surface area contributed by atoms with Crippen molar-refractivity contribution in [2.45, 2.75) is 232 Å². The molecule has 0 spiro atoms. The molecule has 0 amide bonds. The number of aliphatic carboxylic acids is 1. The van der Waals surface area contributed by atoms with E-state index in [0.29, 0.717) is 23.9 Å². The van der Waals surface area contributed by atoms with E-state index in [0.717, 1.165) is 70.6 Å². The molecule has 9 heteroatoms. The molecule has 0 aromatic carbocycles. The van der Waals surface area contributed by atoms with Gasteiger partial charge in [0.15, 0.2) is 6.10 Å². The highest BCUT2D eigenvalue weighted by atomic mass is 16.7. The third-order valence-corrected chi connectivity index (χ3v) is 11.1. The van der Waals surface area contributed by atoms with E-state index in [1.54, 1.807) is 0 Å². The van der Waals surface area contributed by atoms with Gasteiger partial charge in [-0.05, 0) is 77.0 Å². The van der Waals surface area contributed by atoms with Gasteiger partial charge in [0.2, 0.25) is 0 Å². The predicted octanol–water partition coefficient (Wildman–Crippen LogP) is 14.3. The molecule has 0 radical (unpaired) electrons. The smallest absolute Gasteiger partial charge is 0.361 e. The van der Waals surface area contributed by atoms with E-state index in [2.05, 4.69) is 62.5 Å². The number of hydrogen-bond acceptors (Lipinski definition) is 7. The number of esters is 2. The molecule has 63 heavy (non-hydrogen) atoms. The van der Waals surface area contributed by atoms with Gasteiger partial charge in [0.25, 0.3) is 6.29 Å². The Morgan fingerprint density at radius 3 is 1.32 bits per heavy atom. The summed E-state index contributed by atoms with van der Waals surface area (Å²) in [5.74, 6) is -2.02. The van der Waals surface area contributed by atoms with Crippen molar-refractivity contribution < 1.29 is 42.9 Å². The van der Waals surface area contributed by atoms with E-state index in [1.165, 1.54) is 116 Å². The van der Waals surface area contributed by atoms with Crippen molar-refractivity contribution in [1.29, 1.82) is 0 Å². The maximum absolute atomic E-state index is 12.8. The Morgan fingerprint density at radius 2 is 0.857 bits per heavy atom. The summed E-state index contributed by atoms with van der Waals surface area (Å²) in [4.78, 5) is 37.3. The first-order chi connectivity index (χ1) is 30.6. The van der Waals surface area contributed by atoms with Crippen molar-refractivity contribution in [3.8, 4) is 0 Å². The Bertz CT molecular complexity index is 1170. The van der Waals surface area contributed by atoms with Crippen LogP contribution < -0.4 is 0 Å². The average Bonchev–Trinajstić information content (AvgIpc) is 3.24. The molecule has 0 bridgehead atoms. The van der Waals surface area contributed by atoms with Gasteiger partial charge < -0.3 is 28.5 Å². The molecule has 0 aromatic heterocycles. The summed E-state index contributed by atoms with van der Waals surface area (Å²) in [5.41, 5.74) is 0. The average molecular weight is 889 g/mol. The molecular formula is C54H98NO8+. The molecular weight excluding hydrogens is 791 g/mol. The van der Waals surface area contributed by atoms with Crippen LogP contribution in [0, 0.1) is 0 Å². The quantitative estimate of drug-likeness (QED) is 0.0212. The van der Waals surface area contributed by atoms with Gasteiger partial charge in [-0.1, -0.05) is 178 Å². The largest absolute Gasteiger partial charge is 0.477 e. The summed E-state index contributed by atoms with van der Waals surface area (Å²) in [7, 11) is 5.96. The van der Waals surface area contributed by atoms with E-state index in [1.807, 2.05) is 21.1 Å². The van der Waals surface area contributed by atoms with Gasteiger partial charge in [0, 0.05) is 12.8 Å². The van der Waals surface area contributed by atoms with Crippen LogP contribution in [0.25, 0.3) is 0 Å². The molecule has 0 saturated carbocycles. The van der Waals surface area contributed by atoms with Crippen LogP contribution in [-0.2, 0) is 33.3 Å². The van der Waals surface area contributed by atoms with Gasteiger partial charge in [-0.25, -0.2) is 4.79 Å². The first-order valence-corrected chi connectivity index (χ1v) is 25.8. The van der Waals surface area contributed by atoms with Crippen LogP contribution in [0.5, 0.6) is 0 Å². The molecule has 9 nitrogen and oxygen atoms in total. The number of nitrogens with zero attached hydrogens (tertiary/aromatic N) is 1. The van der Waals surface area contributed by atoms with Crippen LogP contribution in [0.1, 0.15) is 219 Å². The summed E-state index contributed by atoms with van der Waals surface area (Å²) in [6, 6.07) is 0. The lowest BCUT2D eigenvalue weighted by Crippen LogP contribution is -2.40. The van der Waals surface area contributed by atoms with Gasteiger partial charge in [0.1, 0.15) is 13.2 Å². The van der Waals surface area contributed by atoms with Crippen molar-refractivity contribution in [2.24, 2.45) is 0 Å². The van der Waals surface area contributed by atoms with Crippen LogP contribution >= 0.6 is 0 Å². The molecule has 0 rings (SSSR count). The van der Waals surface area contributed by atoms with Crippen LogP contribution in [-0.4, -0.2) is 87.4 Å². The first-order valence-electron chi connectivity index (χ1n) is 25.8. The Labute approximate surface area is 387 Å². The number of rotatable bonds is 47. The number of carboxylic acids is 1. The molecule has 0 aromatic rings. The zero-order valence-corrected chi connectivity index (χ0v) is 41.5. The number of unbranched alkanes of at least 4 members (excludes halogenated alkanes) is 24. The van der Waals surface area contributed by atoms with Gasteiger partial charge in [-0.2, -0.15) is 0 Å². The topological polar surface area (TPSA) is 108 Å². The number of likely N-dealkylation sites (N-methyl/N-ethyl adjacent to an activating group) is 1. The summed E-state index contributed by atoms with van der Waals surface area (Å²) in [5, 5.41) is 9.67. The maximum Gasteiger partial charge on any atom is 0.361 e. The summed E-state index contributed by atoms with van der Waals surface area (Å²) in [6.45, 7) is 4.83. The monoisotopic (exact) mass is 889 g/mol. The zero-order chi connectivity index (χ0) is 46.3. The van der Waals surface area contributed by atoms with Crippen LogP contribution in [0.2, 0.25) is 0 Å². The molecule has 0 heterocycles. The maximum atomic E-state index is 12.8. The Morgan fingerprint density at radius 1 is 0.476 bits per heavy atom. The first kappa shape index (κ1) is 60.2. The van der Waals surface area contributed by atoms with Crippen molar-refractivity contribution in [1.82, 2.24) is 0 Å². The van der Waals surface area contributed by atoms with E-state index in [-0.39, 0.29) is 32.2 Å². The SMILES string of the molecule is CCCCC/C=C\C/C=C\C/C=C\CCCCCCCCC(=O)OC(COC(=O)CCCCCCCCCCC/C=C\CCCCCCCC)COC(OCC[N+](C)(C)C)C(=O)O. The molecule has 0 saturated heterocycles. The number of carbonyl (C=O) groups excluding carboxylic acids is 2. The third kappa shape index (κ3) is 47.0. The Kier molecular flexibility index (Phi) is 43.8. The highest BCUT2D eigenvalue weighted by Crippen LogP contribution is 2.15. The fourth-order valence-electron chi connectivity index (χ4n) is 7.01. The second kappa shape index (κ2) is 45.8. The van der Waals surface area contributed by atoms with Gasteiger partial charge in [0.05, 0.1) is 34.4 Å². The van der Waals surface area contributed by atoms with E-state index >= 15 is 0 Å². The van der Waals surface area contributed by atoms with Crippen LogP contribution in [0.3, 0.4) is 0 Å². The predicted molar refractivity (Wildman–Crippen MR) is 263 cm³/mol. The van der Waals surface area contributed by atoms with E-state index in [9.17, 15) is 19.5 Å². The fraction of sp³-hybridized carbons (Fsp3) is 0.796. The summed E-state index contributed by atoms with van der Waals surface area (Å²) >= 11 is 0. The minimum Gasteiger partial charge on any atom is -0.477 e. The van der Waals surface area contributed by atoms with Crippen molar-refractivity contribution in [3.05, 3.63) is 48.6 Å². The Hall–Kier alpha value is -2.75. The van der Waals surface area contributed by atoms with E-state index < -0.39 is 24.3 Å². The molecule has 0 aliphatic heterocycles. The number of hydrogen-bond donors (Lipinski definition) is 1. The second-order valence-electron chi connectivity index (χ2n) is 18.5. The summed E-state index contributed by atoms with van der Waals surface area (Å²) < 4.78 is 22.8. The van der Waals surface area contributed by atoms with E-state index in [4.69, 9.17) is 18.9 Å². The minimum atomic E-state index is -1.51. The lowest BCUT2D eigenvalue weighted by molar-refractivity contribution is -0.870. The zero-order valence-electron chi connectivity index (χ0n) is 41.5. The minimum absolute atomic E-state index is 0.184. The lowest BCUT2D eigenvalue weighted by Gasteiger charge is -2.25. The third-order valence-electron chi connectivity index (χ3n) is 11.1. The normalized spacial score (nSPS) is 13.2. The highest BCUT2D eigenvalue weighted by molar-refractivity contribution is 5.71. The fourth-order valence-corrected chi connectivity index (χ4v) is 7.01. The molecule has 2 unspecified atom stereocenters. The number of ether oxygens (including phenoxy) is 4. The Balaban J connectivity index is 4.37. The summed E-state index contributed by atoms with van der Waals surface area (Å²) in [6.07, 6.45) is 51.6. The van der Waals surface area contributed by atoms with Gasteiger partial charge >= 0.3 is 17.9 Å². The molecule has 366 valence electrons. The number of carbonyl (C=O) groups is 3. The van der Waals surface area contributed by atoms with Crippen LogP contribution in [0.15, 0.2) is 48.6 Å². The molecule has 0 aliphatic carbocycles. The molecule has 2 atom stereocenters. The highest BCUT2D eigenvalue weighted by Gasteiger charge is 2.25. The van der Waals surface area contributed by atoms with Crippen molar-refractivity contribution >= 4 is 17.9 Å². The van der Waals surface area contributed by atoms with Gasteiger partial charge in [-0.15, -0.1) is 0 Å². The number of carboxylic acid groups (broad SMARTS) is 1. The number of allylic oxidation sites excluding steroid dienone is 8. The lowest BCUT2D eigenvalue weighted by atomic mass is 10.1. The second-order valence-corrected chi connectivity index (χ2v) is 18.5. The molecule has 1 N–H and O–H groups in total. The molecule has 0 fully saturated rings. The van der Waals surface area contributed by atoms with Crippen molar-refractivity contribution in [3.63, 3.8) is 0 Å². The standard InChI is InChI=1S/C54H97NO8/c1-6-8-10-12-14-16-18-20-22-24-26-28-30-32-34-36-38-40-42-44-51(56)61-48-50(49-62-54(53(58)59)60-47-46-55(3,4)5)63-52(57)45-43-41-39-37-35-33-31-29-27-25-23-21-19-17-15-13-11-9-7-2/h15,17,20-23,27,29,50,54H,6-14,16,18-19,24-26,28,30-49H2,1-5H3/p+1/b17-15-,22-20-,23-21-,29-27-. The van der Waals surface area contributed by atoms with Gasteiger partial charge in [-0.3, -0.25) is 9.59 Å². The van der Waals surface area contributed by atoms with Crippen LogP contribution in [0.4, 0.5) is 0 Å². The van der Waals surface area contributed by atoms with Crippen molar-refractivity contribution in [2.75, 3.05) is 47.5 Å². The molecule has 0 aliphatic rings. The number of quaternary nitrogens is 1.